The van der Waals surface area contributed by atoms with Gasteiger partial charge in [-0.25, -0.2) is 4.98 Å². The zero-order valence-corrected chi connectivity index (χ0v) is 9.47. The Morgan fingerprint density at radius 1 is 1.40 bits per heavy atom. The highest BCUT2D eigenvalue weighted by atomic mass is 32.1. The minimum atomic E-state index is 0.595. The van der Waals surface area contributed by atoms with Crippen molar-refractivity contribution < 1.29 is 4.52 Å². The van der Waals surface area contributed by atoms with Gasteiger partial charge < -0.3 is 9.84 Å². The van der Waals surface area contributed by atoms with Gasteiger partial charge in [0, 0.05) is 11.4 Å². The van der Waals surface area contributed by atoms with Gasteiger partial charge in [0.15, 0.2) is 5.82 Å². The molecule has 5 nitrogen and oxygen atoms in total. The van der Waals surface area contributed by atoms with Crippen LogP contribution in [-0.2, 0) is 13.1 Å². The van der Waals surface area contributed by atoms with E-state index in [-0.39, 0.29) is 0 Å². The van der Waals surface area contributed by atoms with Gasteiger partial charge in [0.1, 0.15) is 0 Å². The van der Waals surface area contributed by atoms with Gasteiger partial charge in [-0.05, 0) is 13.8 Å². The molecule has 0 aromatic carbocycles. The van der Waals surface area contributed by atoms with Crippen LogP contribution in [0.5, 0.6) is 0 Å². The number of thiazole rings is 1. The smallest absolute Gasteiger partial charge is 0.240 e. The zero-order valence-electron chi connectivity index (χ0n) is 8.65. The molecule has 1 N–H and O–H groups in total. The van der Waals surface area contributed by atoms with Crippen LogP contribution in [0.15, 0.2) is 10.0 Å². The van der Waals surface area contributed by atoms with Crippen molar-refractivity contribution in [3.63, 3.8) is 0 Å². The largest absolute Gasteiger partial charge is 0.338 e. The molecule has 0 aliphatic carbocycles. The molecule has 0 saturated heterocycles. The average Bonchev–Trinajstić information content (AvgIpc) is 2.77. The number of aryl methyl sites for hydroxylation is 2. The third-order valence-corrected chi connectivity index (χ3v) is 2.91. The standard InChI is InChI=1S/C9H12N4OS/c1-6-8(15-5-11-6)3-10-4-9-12-7(2)13-14-9/h5,10H,3-4H2,1-2H3. The molecule has 0 saturated carbocycles. The Bertz CT molecular complexity index is 437. The fraction of sp³-hybridized carbons (Fsp3) is 0.444. The number of nitrogens with zero attached hydrogens (tertiary/aromatic N) is 3. The Balaban J connectivity index is 1.83. The van der Waals surface area contributed by atoms with Crippen LogP contribution in [0.3, 0.4) is 0 Å². The monoisotopic (exact) mass is 224 g/mol. The van der Waals surface area contributed by atoms with E-state index in [1.165, 1.54) is 4.88 Å². The summed E-state index contributed by atoms with van der Waals surface area (Å²) in [5.41, 5.74) is 2.93. The number of nitrogens with one attached hydrogen (secondary N) is 1. The summed E-state index contributed by atoms with van der Waals surface area (Å²) in [6.07, 6.45) is 0. The second kappa shape index (κ2) is 4.50. The number of hydrogen-bond donors (Lipinski definition) is 1. The first-order chi connectivity index (χ1) is 7.25. The third-order valence-electron chi connectivity index (χ3n) is 1.98. The van der Waals surface area contributed by atoms with Gasteiger partial charge in [0.2, 0.25) is 5.89 Å². The summed E-state index contributed by atoms with van der Waals surface area (Å²) < 4.78 is 4.98. The molecule has 2 aromatic heterocycles. The summed E-state index contributed by atoms with van der Waals surface area (Å²) in [6, 6.07) is 0. The lowest BCUT2D eigenvalue weighted by molar-refractivity contribution is 0.364. The molecule has 2 aromatic rings. The average molecular weight is 224 g/mol. The lowest BCUT2D eigenvalue weighted by atomic mass is 10.4. The van der Waals surface area contributed by atoms with Crippen molar-refractivity contribution in [3.05, 3.63) is 27.8 Å². The predicted octanol–water partition coefficient (Wildman–Crippen LogP) is 1.43. The molecular weight excluding hydrogens is 212 g/mol. The maximum Gasteiger partial charge on any atom is 0.240 e. The molecule has 0 unspecified atom stereocenters. The highest BCUT2D eigenvalue weighted by Gasteiger charge is 2.03. The molecule has 0 spiro atoms. The van der Waals surface area contributed by atoms with Gasteiger partial charge in [0.05, 0.1) is 17.7 Å². The summed E-state index contributed by atoms with van der Waals surface area (Å²) in [6.45, 7) is 5.20. The van der Waals surface area contributed by atoms with E-state index in [2.05, 4.69) is 20.4 Å². The molecule has 0 atom stereocenters. The van der Waals surface area contributed by atoms with E-state index in [1.54, 1.807) is 18.3 Å². The van der Waals surface area contributed by atoms with Crippen molar-refractivity contribution in [2.75, 3.05) is 0 Å². The van der Waals surface area contributed by atoms with Gasteiger partial charge in [-0.2, -0.15) is 4.98 Å². The molecule has 0 radical (unpaired) electrons. The quantitative estimate of drug-likeness (QED) is 0.851. The van der Waals surface area contributed by atoms with Crippen LogP contribution < -0.4 is 5.32 Å². The van der Waals surface area contributed by atoms with E-state index in [0.717, 1.165) is 12.2 Å². The summed E-state index contributed by atoms with van der Waals surface area (Å²) in [4.78, 5) is 9.51. The lowest BCUT2D eigenvalue weighted by Gasteiger charge is -1.99. The first-order valence-electron chi connectivity index (χ1n) is 4.64. The topological polar surface area (TPSA) is 63.8 Å². The van der Waals surface area contributed by atoms with Crippen LogP contribution in [0.1, 0.15) is 22.3 Å². The molecule has 0 aliphatic heterocycles. The van der Waals surface area contributed by atoms with Gasteiger partial charge in [-0.15, -0.1) is 11.3 Å². The van der Waals surface area contributed by atoms with E-state index in [1.807, 2.05) is 12.4 Å². The van der Waals surface area contributed by atoms with Gasteiger partial charge in [0.25, 0.3) is 0 Å². The van der Waals surface area contributed by atoms with Gasteiger partial charge in [-0.1, -0.05) is 5.16 Å². The fourth-order valence-electron chi connectivity index (χ4n) is 1.19. The summed E-state index contributed by atoms with van der Waals surface area (Å²) >= 11 is 1.65. The Kier molecular flexibility index (Phi) is 3.08. The normalized spacial score (nSPS) is 10.8. The van der Waals surface area contributed by atoms with Crippen molar-refractivity contribution in [2.24, 2.45) is 0 Å². The van der Waals surface area contributed by atoms with E-state index >= 15 is 0 Å². The Labute approximate surface area is 91.5 Å². The molecule has 0 aliphatic rings. The highest BCUT2D eigenvalue weighted by Crippen LogP contribution is 2.11. The second-order valence-corrected chi connectivity index (χ2v) is 4.14. The first-order valence-corrected chi connectivity index (χ1v) is 5.52. The maximum absolute atomic E-state index is 4.98. The lowest BCUT2D eigenvalue weighted by Crippen LogP contribution is -2.12. The minimum Gasteiger partial charge on any atom is -0.338 e. The van der Waals surface area contributed by atoms with Crippen molar-refractivity contribution in [1.82, 2.24) is 20.4 Å². The summed E-state index contributed by atoms with van der Waals surface area (Å²) in [5.74, 6) is 1.29. The minimum absolute atomic E-state index is 0.595. The van der Waals surface area contributed by atoms with Crippen molar-refractivity contribution in [3.8, 4) is 0 Å². The molecule has 80 valence electrons. The molecule has 2 heterocycles. The molecule has 0 amide bonds. The van der Waals surface area contributed by atoms with Crippen LogP contribution in [0.25, 0.3) is 0 Å². The van der Waals surface area contributed by atoms with Crippen molar-refractivity contribution in [2.45, 2.75) is 26.9 Å². The Morgan fingerprint density at radius 3 is 2.87 bits per heavy atom. The molecule has 2 rings (SSSR count). The third kappa shape index (κ3) is 2.60. The van der Waals surface area contributed by atoms with Crippen LogP contribution in [0.2, 0.25) is 0 Å². The van der Waals surface area contributed by atoms with Crippen LogP contribution in [-0.4, -0.2) is 15.1 Å². The zero-order chi connectivity index (χ0) is 10.7. The van der Waals surface area contributed by atoms with Crippen LogP contribution >= 0.6 is 11.3 Å². The van der Waals surface area contributed by atoms with Gasteiger partial charge in [-0.3, -0.25) is 0 Å². The first kappa shape index (κ1) is 10.3. The molecule has 0 fully saturated rings. The second-order valence-electron chi connectivity index (χ2n) is 3.20. The maximum atomic E-state index is 4.98. The molecule has 6 heteroatoms. The van der Waals surface area contributed by atoms with E-state index in [0.29, 0.717) is 18.3 Å². The summed E-state index contributed by atoms with van der Waals surface area (Å²) in [7, 11) is 0. The molecule has 15 heavy (non-hydrogen) atoms. The van der Waals surface area contributed by atoms with Crippen LogP contribution in [0, 0.1) is 13.8 Å². The van der Waals surface area contributed by atoms with Crippen molar-refractivity contribution >= 4 is 11.3 Å². The van der Waals surface area contributed by atoms with E-state index in [4.69, 9.17) is 4.52 Å². The molecule has 0 bridgehead atoms. The van der Waals surface area contributed by atoms with Crippen LogP contribution in [0.4, 0.5) is 0 Å². The van der Waals surface area contributed by atoms with Crippen molar-refractivity contribution in [1.29, 1.82) is 0 Å². The fourth-order valence-corrected chi connectivity index (χ4v) is 1.94. The predicted molar refractivity (Wildman–Crippen MR) is 56.4 cm³/mol. The summed E-state index contributed by atoms with van der Waals surface area (Å²) in [5, 5.41) is 6.95. The molecular formula is C9H12N4OS. The van der Waals surface area contributed by atoms with E-state index in [9.17, 15) is 0 Å². The van der Waals surface area contributed by atoms with E-state index < -0.39 is 0 Å². The number of hydrogen-bond acceptors (Lipinski definition) is 6. The Morgan fingerprint density at radius 2 is 2.27 bits per heavy atom. The van der Waals surface area contributed by atoms with Gasteiger partial charge >= 0.3 is 0 Å². The number of aromatic nitrogens is 3. The SMILES string of the molecule is Cc1noc(CNCc2scnc2C)n1. The Hall–Kier alpha value is -1.27. The number of rotatable bonds is 4. The highest BCUT2D eigenvalue weighted by molar-refractivity contribution is 7.09.